The Bertz CT molecular complexity index is 545. The van der Waals surface area contributed by atoms with Gasteiger partial charge in [0.1, 0.15) is 5.69 Å². The van der Waals surface area contributed by atoms with Gasteiger partial charge in [0.05, 0.1) is 0 Å². The van der Waals surface area contributed by atoms with Crippen LogP contribution >= 0.6 is 0 Å². The Morgan fingerprint density at radius 3 is 2.62 bits per heavy atom. The Kier molecular flexibility index (Phi) is 5.12. The summed E-state index contributed by atoms with van der Waals surface area (Å²) in [7, 11) is 0. The van der Waals surface area contributed by atoms with Crippen LogP contribution in [0.15, 0.2) is 16.9 Å². The highest BCUT2D eigenvalue weighted by atomic mass is 16.2. The smallest absolute Gasteiger partial charge is 0.274 e. The standard InChI is InChI=1S/C15H24N4O2/c1-4-5-8-19-14(20)7-6-13(17-19)15(21)18-9-11(2)16-12(3)10-18/h6-7,11-12,16H,4-5,8-10H2,1-3H3. The average molecular weight is 292 g/mol. The van der Waals surface area contributed by atoms with Crippen LogP contribution in [0.4, 0.5) is 0 Å². The number of carbonyl (C=O) groups is 1. The van der Waals surface area contributed by atoms with Gasteiger partial charge in [-0.3, -0.25) is 9.59 Å². The molecule has 1 aliphatic rings. The number of carbonyl (C=O) groups excluding carboxylic acids is 1. The zero-order valence-electron chi connectivity index (χ0n) is 13.0. The van der Waals surface area contributed by atoms with Gasteiger partial charge in [-0.15, -0.1) is 0 Å². The van der Waals surface area contributed by atoms with Crippen LogP contribution in [0.25, 0.3) is 0 Å². The number of rotatable bonds is 4. The topological polar surface area (TPSA) is 67.2 Å². The molecule has 2 heterocycles. The predicted octanol–water partition coefficient (Wildman–Crippen LogP) is 0.866. The third-order valence-electron chi connectivity index (χ3n) is 3.65. The van der Waals surface area contributed by atoms with Crippen LogP contribution in [0, 0.1) is 0 Å². The molecule has 1 aromatic rings. The molecule has 0 saturated carbocycles. The Hall–Kier alpha value is -1.69. The average Bonchev–Trinajstić information content (AvgIpc) is 2.44. The highest BCUT2D eigenvalue weighted by Crippen LogP contribution is 2.08. The molecule has 0 aliphatic carbocycles. The molecule has 1 aliphatic heterocycles. The van der Waals surface area contributed by atoms with Crippen molar-refractivity contribution in [3.05, 3.63) is 28.2 Å². The van der Waals surface area contributed by atoms with Gasteiger partial charge >= 0.3 is 0 Å². The number of aromatic nitrogens is 2. The summed E-state index contributed by atoms with van der Waals surface area (Å²) in [6.45, 7) is 8.07. The zero-order chi connectivity index (χ0) is 15.4. The number of unbranched alkanes of at least 4 members (excludes halogenated alkanes) is 1. The highest BCUT2D eigenvalue weighted by Gasteiger charge is 2.26. The lowest BCUT2D eigenvalue weighted by Crippen LogP contribution is -2.56. The van der Waals surface area contributed by atoms with Crippen LogP contribution in [0.1, 0.15) is 44.1 Å². The molecule has 1 fully saturated rings. The molecule has 0 spiro atoms. The minimum Gasteiger partial charge on any atom is -0.334 e. The van der Waals surface area contributed by atoms with Crippen molar-refractivity contribution < 1.29 is 4.79 Å². The summed E-state index contributed by atoms with van der Waals surface area (Å²) >= 11 is 0. The highest BCUT2D eigenvalue weighted by molar-refractivity contribution is 5.92. The van der Waals surface area contributed by atoms with E-state index in [2.05, 4.69) is 31.2 Å². The SMILES string of the molecule is CCCCn1nc(C(=O)N2CC(C)NC(C)C2)ccc1=O. The van der Waals surface area contributed by atoms with Crippen molar-refractivity contribution in [3.8, 4) is 0 Å². The van der Waals surface area contributed by atoms with Crippen molar-refractivity contribution in [3.63, 3.8) is 0 Å². The van der Waals surface area contributed by atoms with E-state index in [1.54, 1.807) is 0 Å². The minimum atomic E-state index is -0.151. The molecule has 21 heavy (non-hydrogen) atoms. The van der Waals surface area contributed by atoms with E-state index in [9.17, 15) is 9.59 Å². The number of nitrogens with zero attached hydrogens (tertiary/aromatic N) is 3. The summed E-state index contributed by atoms with van der Waals surface area (Å²) in [5, 5.41) is 7.62. The van der Waals surface area contributed by atoms with E-state index < -0.39 is 0 Å². The monoisotopic (exact) mass is 292 g/mol. The number of aryl methyl sites for hydroxylation is 1. The second-order valence-corrected chi connectivity index (χ2v) is 5.81. The number of piperazine rings is 1. The fraction of sp³-hybridized carbons (Fsp3) is 0.667. The van der Waals surface area contributed by atoms with Gasteiger partial charge in [0.2, 0.25) is 0 Å². The number of amides is 1. The van der Waals surface area contributed by atoms with Crippen LogP contribution in [0.5, 0.6) is 0 Å². The van der Waals surface area contributed by atoms with Crippen molar-refractivity contribution >= 4 is 5.91 Å². The molecule has 1 aromatic heterocycles. The van der Waals surface area contributed by atoms with E-state index in [0.717, 1.165) is 12.8 Å². The second kappa shape index (κ2) is 6.85. The minimum absolute atomic E-state index is 0.0968. The van der Waals surface area contributed by atoms with Gasteiger partial charge in [0.25, 0.3) is 11.5 Å². The van der Waals surface area contributed by atoms with Crippen molar-refractivity contribution in [1.29, 1.82) is 0 Å². The Labute approximate surface area is 125 Å². The number of nitrogens with one attached hydrogen (secondary N) is 1. The van der Waals surface area contributed by atoms with Crippen molar-refractivity contribution in [2.24, 2.45) is 0 Å². The molecule has 0 aromatic carbocycles. The van der Waals surface area contributed by atoms with E-state index in [-0.39, 0.29) is 23.6 Å². The summed E-state index contributed by atoms with van der Waals surface area (Å²) in [5.74, 6) is -0.0968. The molecule has 2 unspecified atom stereocenters. The Balaban J connectivity index is 2.17. The van der Waals surface area contributed by atoms with E-state index in [1.807, 2.05) is 4.90 Å². The molecule has 2 atom stereocenters. The molecule has 0 bridgehead atoms. The van der Waals surface area contributed by atoms with Crippen molar-refractivity contribution in [2.45, 2.75) is 52.2 Å². The molecule has 6 nitrogen and oxygen atoms in total. The zero-order valence-corrected chi connectivity index (χ0v) is 13.0. The summed E-state index contributed by atoms with van der Waals surface area (Å²) in [5.41, 5.74) is 0.203. The lowest BCUT2D eigenvalue weighted by Gasteiger charge is -2.35. The van der Waals surface area contributed by atoms with Crippen molar-refractivity contribution in [1.82, 2.24) is 20.0 Å². The maximum atomic E-state index is 12.5. The second-order valence-electron chi connectivity index (χ2n) is 5.81. The molecule has 0 radical (unpaired) electrons. The quantitative estimate of drug-likeness (QED) is 0.894. The van der Waals surface area contributed by atoms with Crippen LogP contribution in [-0.4, -0.2) is 45.8 Å². The molecule has 1 saturated heterocycles. The van der Waals surface area contributed by atoms with Crippen LogP contribution in [0.3, 0.4) is 0 Å². The molecule has 2 rings (SSSR count). The molecular formula is C15H24N4O2. The van der Waals surface area contributed by atoms with E-state index in [1.165, 1.54) is 16.8 Å². The van der Waals surface area contributed by atoms with Gasteiger partial charge in [-0.1, -0.05) is 13.3 Å². The third kappa shape index (κ3) is 3.91. The molecule has 1 amide bonds. The summed E-state index contributed by atoms with van der Waals surface area (Å²) < 4.78 is 1.39. The molecular weight excluding hydrogens is 268 g/mol. The van der Waals surface area contributed by atoms with E-state index >= 15 is 0 Å². The van der Waals surface area contributed by atoms with E-state index in [0.29, 0.717) is 25.3 Å². The predicted molar refractivity (Wildman–Crippen MR) is 81.4 cm³/mol. The first-order valence-electron chi connectivity index (χ1n) is 7.64. The molecule has 1 N–H and O–H groups in total. The lowest BCUT2D eigenvalue weighted by atomic mass is 10.1. The Morgan fingerprint density at radius 2 is 2.00 bits per heavy atom. The van der Waals surface area contributed by atoms with Gasteiger partial charge in [0, 0.05) is 37.8 Å². The maximum Gasteiger partial charge on any atom is 0.274 e. The van der Waals surface area contributed by atoms with Crippen LogP contribution in [0.2, 0.25) is 0 Å². The van der Waals surface area contributed by atoms with Gasteiger partial charge in [-0.25, -0.2) is 4.68 Å². The maximum absolute atomic E-state index is 12.5. The third-order valence-corrected chi connectivity index (χ3v) is 3.65. The lowest BCUT2D eigenvalue weighted by molar-refractivity contribution is 0.0665. The molecule has 6 heteroatoms. The summed E-state index contributed by atoms with van der Waals surface area (Å²) in [6, 6.07) is 3.50. The fourth-order valence-electron chi connectivity index (χ4n) is 2.69. The van der Waals surface area contributed by atoms with Gasteiger partial charge in [-0.05, 0) is 26.3 Å². The fourth-order valence-corrected chi connectivity index (χ4v) is 2.69. The Morgan fingerprint density at radius 1 is 1.33 bits per heavy atom. The van der Waals surface area contributed by atoms with Crippen LogP contribution < -0.4 is 10.9 Å². The van der Waals surface area contributed by atoms with Gasteiger partial charge in [0.15, 0.2) is 0 Å². The summed E-state index contributed by atoms with van der Waals surface area (Å²) in [4.78, 5) is 26.1. The summed E-state index contributed by atoms with van der Waals surface area (Å²) in [6.07, 6.45) is 1.87. The first kappa shape index (κ1) is 15.7. The van der Waals surface area contributed by atoms with E-state index in [4.69, 9.17) is 0 Å². The first-order chi connectivity index (χ1) is 10.0. The van der Waals surface area contributed by atoms with Gasteiger partial charge in [-0.2, -0.15) is 5.10 Å². The molecule has 116 valence electrons. The van der Waals surface area contributed by atoms with Gasteiger partial charge < -0.3 is 10.2 Å². The largest absolute Gasteiger partial charge is 0.334 e. The first-order valence-corrected chi connectivity index (χ1v) is 7.64. The number of hydrogen-bond acceptors (Lipinski definition) is 4. The normalized spacial score (nSPS) is 22.3. The van der Waals surface area contributed by atoms with Crippen LogP contribution in [-0.2, 0) is 6.54 Å². The van der Waals surface area contributed by atoms with Crippen molar-refractivity contribution in [2.75, 3.05) is 13.1 Å². The number of hydrogen-bond donors (Lipinski definition) is 1.